The number of nitrogens with one attached hydrogen (secondary N) is 2. The molecule has 4 heteroatoms. The van der Waals surface area contributed by atoms with Crippen molar-refractivity contribution in [2.75, 3.05) is 25.5 Å². The maximum atomic E-state index is 6.09. The normalized spacial score (nSPS) is 17.2. The third-order valence-electron chi connectivity index (χ3n) is 3.09. The van der Waals surface area contributed by atoms with Crippen molar-refractivity contribution in [3.05, 3.63) is 28.2 Å². The minimum atomic E-state index is 0.428. The van der Waals surface area contributed by atoms with Crippen LogP contribution in [0.5, 0.6) is 0 Å². The molecule has 0 aliphatic heterocycles. The lowest BCUT2D eigenvalue weighted by Gasteiger charge is -2.17. The fourth-order valence-electron chi connectivity index (χ4n) is 1.88. The molecule has 0 atom stereocenters. The van der Waals surface area contributed by atoms with Crippen LogP contribution in [0.15, 0.2) is 18.2 Å². The van der Waals surface area contributed by atoms with E-state index in [1.807, 2.05) is 19.2 Å². The molecule has 1 aliphatic carbocycles. The minimum absolute atomic E-state index is 0.428. The van der Waals surface area contributed by atoms with E-state index in [0.717, 1.165) is 18.8 Å². The fourth-order valence-corrected chi connectivity index (χ4v) is 2.36. The number of hydrogen-bond donors (Lipinski definition) is 2. The molecule has 0 amide bonds. The smallest absolute Gasteiger partial charge is 0.0652 e. The second-order valence-electron chi connectivity index (χ2n) is 4.51. The van der Waals surface area contributed by atoms with E-state index in [0.29, 0.717) is 15.5 Å². The quantitative estimate of drug-likeness (QED) is 0.846. The highest BCUT2D eigenvalue weighted by molar-refractivity contribution is 6.36. The second-order valence-corrected chi connectivity index (χ2v) is 5.35. The Morgan fingerprint density at radius 3 is 2.56 bits per heavy atom. The van der Waals surface area contributed by atoms with Crippen molar-refractivity contribution in [1.82, 2.24) is 5.32 Å². The third-order valence-corrected chi connectivity index (χ3v) is 3.64. The van der Waals surface area contributed by atoms with Crippen LogP contribution in [0.2, 0.25) is 10.0 Å². The van der Waals surface area contributed by atoms with E-state index < -0.39 is 0 Å². The highest BCUT2D eigenvalue weighted by atomic mass is 35.5. The van der Waals surface area contributed by atoms with Gasteiger partial charge in [-0.25, -0.2) is 0 Å². The molecule has 16 heavy (non-hydrogen) atoms. The standard InChI is InChI=1S/C12H16Cl2N2/c1-15-7-12(4-5-12)8-16-11-3-2-9(13)6-10(11)14/h2-3,6,15-16H,4-5,7-8H2,1H3. The molecular formula is C12H16Cl2N2. The Kier molecular flexibility index (Phi) is 3.63. The number of halogens is 2. The van der Waals surface area contributed by atoms with E-state index in [4.69, 9.17) is 23.2 Å². The summed E-state index contributed by atoms with van der Waals surface area (Å²) in [5.74, 6) is 0. The van der Waals surface area contributed by atoms with Gasteiger partial charge in [0.1, 0.15) is 0 Å². The summed E-state index contributed by atoms with van der Waals surface area (Å²) >= 11 is 11.9. The van der Waals surface area contributed by atoms with Crippen LogP contribution in [0, 0.1) is 5.41 Å². The first-order valence-corrected chi connectivity index (χ1v) is 6.24. The zero-order valence-electron chi connectivity index (χ0n) is 9.32. The lowest BCUT2D eigenvalue weighted by atomic mass is 10.1. The van der Waals surface area contributed by atoms with E-state index in [-0.39, 0.29) is 0 Å². The Morgan fingerprint density at radius 1 is 1.25 bits per heavy atom. The average molecular weight is 259 g/mol. The van der Waals surface area contributed by atoms with E-state index in [1.165, 1.54) is 12.8 Å². The number of anilines is 1. The molecule has 0 aromatic heterocycles. The van der Waals surface area contributed by atoms with Crippen LogP contribution in [0.1, 0.15) is 12.8 Å². The zero-order valence-corrected chi connectivity index (χ0v) is 10.8. The molecule has 2 N–H and O–H groups in total. The predicted octanol–water partition coefficient (Wildman–Crippen LogP) is 3.40. The van der Waals surface area contributed by atoms with Crippen LogP contribution in [-0.2, 0) is 0 Å². The molecule has 2 rings (SSSR count). The first kappa shape index (κ1) is 12.0. The maximum Gasteiger partial charge on any atom is 0.0652 e. The van der Waals surface area contributed by atoms with Gasteiger partial charge < -0.3 is 10.6 Å². The number of rotatable bonds is 5. The van der Waals surface area contributed by atoms with Crippen molar-refractivity contribution in [3.8, 4) is 0 Å². The topological polar surface area (TPSA) is 24.1 Å². The van der Waals surface area contributed by atoms with Crippen LogP contribution in [0.25, 0.3) is 0 Å². The van der Waals surface area contributed by atoms with Crippen LogP contribution in [0.4, 0.5) is 5.69 Å². The van der Waals surface area contributed by atoms with Gasteiger partial charge in [0, 0.05) is 23.5 Å². The Bertz CT molecular complexity index is 375. The molecule has 0 heterocycles. The first-order valence-electron chi connectivity index (χ1n) is 5.49. The zero-order chi connectivity index (χ0) is 11.6. The summed E-state index contributed by atoms with van der Waals surface area (Å²) < 4.78 is 0. The lowest BCUT2D eigenvalue weighted by Crippen LogP contribution is -2.26. The molecule has 0 spiro atoms. The average Bonchev–Trinajstić information content (AvgIpc) is 2.98. The Balaban J connectivity index is 1.94. The van der Waals surface area contributed by atoms with Crippen molar-refractivity contribution in [2.24, 2.45) is 5.41 Å². The van der Waals surface area contributed by atoms with Crippen LogP contribution in [0.3, 0.4) is 0 Å². The van der Waals surface area contributed by atoms with Gasteiger partial charge in [-0.1, -0.05) is 23.2 Å². The molecule has 0 bridgehead atoms. The maximum absolute atomic E-state index is 6.09. The summed E-state index contributed by atoms with van der Waals surface area (Å²) in [4.78, 5) is 0. The molecule has 2 nitrogen and oxygen atoms in total. The summed E-state index contributed by atoms with van der Waals surface area (Å²) in [6.07, 6.45) is 2.57. The molecule has 1 fully saturated rings. The monoisotopic (exact) mass is 258 g/mol. The van der Waals surface area contributed by atoms with Crippen molar-refractivity contribution in [1.29, 1.82) is 0 Å². The van der Waals surface area contributed by atoms with Crippen LogP contribution < -0.4 is 10.6 Å². The van der Waals surface area contributed by atoms with Gasteiger partial charge in [0.2, 0.25) is 0 Å². The van der Waals surface area contributed by atoms with E-state index in [1.54, 1.807) is 6.07 Å². The molecule has 88 valence electrons. The van der Waals surface area contributed by atoms with E-state index in [9.17, 15) is 0 Å². The van der Waals surface area contributed by atoms with Gasteiger partial charge in [-0.05, 0) is 38.1 Å². The van der Waals surface area contributed by atoms with Gasteiger partial charge in [-0.15, -0.1) is 0 Å². The molecule has 0 radical (unpaired) electrons. The summed E-state index contributed by atoms with van der Waals surface area (Å²) in [5, 5.41) is 7.99. The fraction of sp³-hybridized carbons (Fsp3) is 0.500. The van der Waals surface area contributed by atoms with Gasteiger partial charge >= 0.3 is 0 Å². The van der Waals surface area contributed by atoms with Crippen molar-refractivity contribution < 1.29 is 0 Å². The van der Waals surface area contributed by atoms with Gasteiger partial charge in [0.05, 0.1) is 10.7 Å². The molecule has 1 aliphatic rings. The van der Waals surface area contributed by atoms with Gasteiger partial charge in [-0.2, -0.15) is 0 Å². The Hall–Kier alpha value is -0.440. The molecule has 0 unspecified atom stereocenters. The molecule has 1 saturated carbocycles. The molecule has 1 aromatic rings. The minimum Gasteiger partial charge on any atom is -0.383 e. The highest BCUT2D eigenvalue weighted by Gasteiger charge is 2.41. The SMILES string of the molecule is CNCC1(CNc2ccc(Cl)cc2Cl)CC1. The molecule has 0 saturated heterocycles. The Morgan fingerprint density at radius 2 is 2.00 bits per heavy atom. The molecular weight excluding hydrogens is 243 g/mol. The number of hydrogen-bond acceptors (Lipinski definition) is 2. The van der Waals surface area contributed by atoms with Gasteiger partial charge in [0.25, 0.3) is 0 Å². The third kappa shape index (κ3) is 2.82. The Labute approximate surface area is 106 Å². The molecule has 1 aromatic carbocycles. The summed E-state index contributed by atoms with van der Waals surface area (Å²) in [6.45, 7) is 2.03. The van der Waals surface area contributed by atoms with Crippen LogP contribution in [-0.4, -0.2) is 20.1 Å². The van der Waals surface area contributed by atoms with Crippen molar-refractivity contribution in [2.45, 2.75) is 12.8 Å². The summed E-state index contributed by atoms with van der Waals surface area (Å²) in [6, 6.07) is 5.55. The van der Waals surface area contributed by atoms with E-state index >= 15 is 0 Å². The highest BCUT2D eigenvalue weighted by Crippen LogP contribution is 2.45. The van der Waals surface area contributed by atoms with E-state index in [2.05, 4.69) is 10.6 Å². The van der Waals surface area contributed by atoms with Crippen molar-refractivity contribution in [3.63, 3.8) is 0 Å². The summed E-state index contributed by atoms with van der Waals surface area (Å²) in [7, 11) is 2.00. The van der Waals surface area contributed by atoms with Crippen molar-refractivity contribution >= 4 is 28.9 Å². The second kappa shape index (κ2) is 4.82. The largest absolute Gasteiger partial charge is 0.383 e. The lowest BCUT2D eigenvalue weighted by molar-refractivity contribution is 0.507. The summed E-state index contributed by atoms with van der Waals surface area (Å²) in [5.41, 5.74) is 1.39. The number of benzene rings is 1. The van der Waals surface area contributed by atoms with Gasteiger partial charge in [0.15, 0.2) is 0 Å². The van der Waals surface area contributed by atoms with Crippen LogP contribution >= 0.6 is 23.2 Å². The predicted molar refractivity (Wildman–Crippen MR) is 70.5 cm³/mol. The first-order chi connectivity index (χ1) is 7.65. The van der Waals surface area contributed by atoms with Gasteiger partial charge in [-0.3, -0.25) is 0 Å².